The van der Waals surface area contributed by atoms with Gasteiger partial charge in [-0.05, 0) is 53.1 Å². The highest BCUT2D eigenvalue weighted by Gasteiger charge is 2.14. The van der Waals surface area contributed by atoms with Crippen molar-refractivity contribution in [2.24, 2.45) is 10.2 Å². The Morgan fingerprint density at radius 2 is 1.88 bits per heavy atom. The van der Waals surface area contributed by atoms with Crippen molar-refractivity contribution in [3.8, 4) is 0 Å². The van der Waals surface area contributed by atoms with Crippen molar-refractivity contribution >= 4 is 50.5 Å². The summed E-state index contributed by atoms with van der Waals surface area (Å²) in [5, 5.41) is 23.1. The van der Waals surface area contributed by atoms with Gasteiger partial charge in [-0.1, -0.05) is 18.2 Å². The first-order valence-electron chi connectivity index (χ1n) is 7.44. The van der Waals surface area contributed by atoms with Crippen molar-refractivity contribution in [2.45, 2.75) is 11.1 Å². The van der Waals surface area contributed by atoms with Gasteiger partial charge < -0.3 is 5.11 Å². The standard InChI is InChI=1S/C17H15N3O3S3/c1-12-8-10-24-15(12)11-18-19-17(21)13-4-6-14(7-5-13)20-26(22,23)16-3-2-9-25-16/h2-11,20H,1H3,(H,19,21)/p-1/b18-11-. The van der Waals surface area contributed by atoms with Crippen LogP contribution in [0.5, 0.6) is 0 Å². The second-order valence-corrected chi connectivity index (χ2v) is 9.04. The van der Waals surface area contributed by atoms with Crippen LogP contribution >= 0.6 is 22.7 Å². The molecule has 1 N–H and O–H groups in total. The Bertz CT molecular complexity index is 1030. The minimum Gasteiger partial charge on any atom is -0.857 e. The van der Waals surface area contributed by atoms with Crippen LogP contribution in [0.3, 0.4) is 0 Å². The molecule has 0 amide bonds. The Hall–Kier alpha value is -2.49. The number of aryl methyl sites for hydroxylation is 1. The van der Waals surface area contributed by atoms with Crippen LogP contribution in [0.2, 0.25) is 0 Å². The largest absolute Gasteiger partial charge is 0.857 e. The number of hydrogen-bond acceptors (Lipinski definition) is 7. The van der Waals surface area contributed by atoms with E-state index >= 15 is 0 Å². The average Bonchev–Trinajstić information content (AvgIpc) is 3.28. The molecule has 3 rings (SSSR count). The summed E-state index contributed by atoms with van der Waals surface area (Å²) >= 11 is 2.65. The lowest BCUT2D eigenvalue weighted by molar-refractivity contribution is -0.213. The van der Waals surface area contributed by atoms with Gasteiger partial charge in [0.25, 0.3) is 10.0 Å². The fourth-order valence-electron chi connectivity index (χ4n) is 2.01. The first-order chi connectivity index (χ1) is 12.5. The molecule has 0 radical (unpaired) electrons. The van der Waals surface area contributed by atoms with E-state index in [2.05, 4.69) is 14.9 Å². The van der Waals surface area contributed by atoms with Gasteiger partial charge in [0.05, 0.1) is 11.1 Å². The van der Waals surface area contributed by atoms with Gasteiger partial charge in [0, 0.05) is 11.6 Å². The summed E-state index contributed by atoms with van der Waals surface area (Å²) in [5.41, 5.74) is 1.76. The Kier molecular flexibility index (Phi) is 5.50. The van der Waals surface area contributed by atoms with Crippen LogP contribution < -0.4 is 9.83 Å². The molecule has 3 aromatic rings. The van der Waals surface area contributed by atoms with E-state index in [-0.39, 0.29) is 4.21 Å². The minimum atomic E-state index is -3.61. The number of sulfonamides is 1. The fraction of sp³-hybridized carbons (Fsp3) is 0.0588. The highest BCUT2D eigenvalue weighted by Crippen LogP contribution is 2.20. The first-order valence-corrected chi connectivity index (χ1v) is 10.7. The van der Waals surface area contributed by atoms with Gasteiger partial charge in [0.2, 0.25) is 0 Å². The van der Waals surface area contributed by atoms with Crippen LogP contribution in [0.25, 0.3) is 0 Å². The zero-order chi connectivity index (χ0) is 18.6. The molecular formula is C17H14N3O3S3-. The van der Waals surface area contributed by atoms with Crippen LogP contribution in [-0.4, -0.2) is 20.5 Å². The molecular weight excluding hydrogens is 390 g/mol. The lowest BCUT2D eigenvalue weighted by Gasteiger charge is -2.10. The maximum atomic E-state index is 12.2. The smallest absolute Gasteiger partial charge is 0.271 e. The van der Waals surface area contributed by atoms with E-state index in [1.165, 1.54) is 41.7 Å². The predicted octanol–water partition coefficient (Wildman–Crippen LogP) is 3.06. The van der Waals surface area contributed by atoms with E-state index in [4.69, 9.17) is 0 Å². The minimum absolute atomic E-state index is 0.228. The summed E-state index contributed by atoms with van der Waals surface area (Å²) in [6, 6.07) is 11.2. The second-order valence-electron chi connectivity index (χ2n) is 5.23. The Balaban J connectivity index is 1.70. The van der Waals surface area contributed by atoms with Gasteiger partial charge in [-0.3, -0.25) is 4.72 Å². The van der Waals surface area contributed by atoms with E-state index in [9.17, 15) is 13.5 Å². The molecule has 0 bridgehead atoms. The molecule has 9 heteroatoms. The number of nitrogens with one attached hydrogen (secondary N) is 1. The van der Waals surface area contributed by atoms with Gasteiger partial charge in [0.1, 0.15) is 4.21 Å². The summed E-state index contributed by atoms with van der Waals surface area (Å²) in [4.78, 5) is 0.944. The van der Waals surface area contributed by atoms with Crippen LogP contribution in [0.1, 0.15) is 16.0 Å². The molecule has 134 valence electrons. The topological polar surface area (TPSA) is 93.9 Å². The van der Waals surface area contributed by atoms with Gasteiger partial charge >= 0.3 is 0 Å². The van der Waals surface area contributed by atoms with Crippen LogP contribution in [-0.2, 0) is 10.0 Å². The molecule has 0 spiro atoms. The third-order valence-electron chi connectivity index (χ3n) is 3.37. The highest BCUT2D eigenvalue weighted by atomic mass is 32.2. The lowest BCUT2D eigenvalue weighted by Crippen LogP contribution is -2.18. The summed E-state index contributed by atoms with van der Waals surface area (Å²) in [5.74, 6) is -0.497. The van der Waals surface area contributed by atoms with Crippen molar-refractivity contribution < 1.29 is 13.5 Å². The van der Waals surface area contributed by atoms with E-state index in [1.807, 2.05) is 18.4 Å². The van der Waals surface area contributed by atoms with Gasteiger partial charge in [0.15, 0.2) is 0 Å². The Labute approximate surface area is 159 Å². The van der Waals surface area contributed by atoms with E-state index in [1.54, 1.807) is 17.7 Å². The van der Waals surface area contributed by atoms with Crippen LogP contribution in [0.4, 0.5) is 5.69 Å². The van der Waals surface area contributed by atoms with Crippen molar-refractivity contribution in [1.82, 2.24) is 0 Å². The molecule has 0 aliphatic rings. The molecule has 0 atom stereocenters. The number of thiophene rings is 2. The molecule has 6 nitrogen and oxygen atoms in total. The fourth-order valence-corrected chi connectivity index (χ4v) is 4.84. The second kappa shape index (κ2) is 7.81. The summed E-state index contributed by atoms with van der Waals surface area (Å²) < 4.78 is 27.0. The van der Waals surface area contributed by atoms with Crippen molar-refractivity contribution in [2.75, 3.05) is 4.72 Å². The zero-order valence-corrected chi connectivity index (χ0v) is 16.1. The maximum Gasteiger partial charge on any atom is 0.271 e. The van der Waals surface area contributed by atoms with Crippen molar-refractivity contribution in [3.63, 3.8) is 0 Å². The molecule has 26 heavy (non-hydrogen) atoms. The highest BCUT2D eigenvalue weighted by molar-refractivity contribution is 7.94. The van der Waals surface area contributed by atoms with Crippen LogP contribution in [0, 0.1) is 6.92 Å². The molecule has 0 unspecified atom stereocenters. The zero-order valence-electron chi connectivity index (χ0n) is 13.6. The third kappa shape index (κ3) is 4.37. The molecule has 0 saturated heterocycles. The average molecular weight is 405 g/mol. The number of anilines is 1. The number of hydrogen-bond donors (Lipinski definition) is 1. The number of benzene rings is 1. The molecule has 0 fully saturated rings. The van der Waals surface area contributed by atoms with Gasteiger partial charge in [-0.25, -0.2) is 8.42 Å². The quantitative estimate of drug-likeness (QED) is 0.389. The molecule has 1 aromatic carbocycles. The van der Waals surface area contributed by atoms with Crippen molar-refractivity contribution in [3.05, 3.63) is 69.2 Å². The molecule has 0 aliphatic carbocycles. The molecule has 0 aliphatic heterocycles. The lowest BCUT2D eigenvalue weighted by atomic mass is 10.2. The number of nitrogens with zero attached hydrogens (tertiary/aromatic N) is 2. The SMILES string of the molecule is Cc1ccsc1/C=N\N=C([O-])c1ccc(NS(=O)(=O)c2cccs2)cc1. The number of rotatable bonds is 6. The summed E-state index contributed by atoms with van der Waals surface area (Å²) in [7, 11) is -3.61. The van der Waals surface area contributed by atoms with E-state index in [0.29, 0.717) is 11.3 Å². The molecule has 0 saturated carbocycles. The van der Waals surface area contributed by atoms with Crippen molar-refractivity contribution in [1.29, 1.82) is 0 Å². The van der Waals surface area contributed by atoms with E-state index < -0.39 is 15.9 Å². The summed E-state index contributed by atoms with van der Waals surface area (Å²) in [6.45, 7) is 1.95. The normalized spacial score (nSPS) is 12.6. The predicted molar refractivity (Wildman–Crippen MR) is 105 cm³/mol. The van der Waals surface area contributed by atoms with Gasteiger partial charge in [-0.15, -0.1) is 22.7 Å². The Morgan fingerprint density at radius 1 is 1.12 bits per heavy atom. The van der Waals surface area contributed by atoms with Crippen LogP contribution in [0.15, 0.2) is 67.6 Å². The first kappa shape index (κ1) is 18.3. The maximum absolute atomic E-state index is 12.2. The molecule has 2 aromatic heterocycles. The van der Waals surface area contributed by atoms with E-state index in [0.717, 1.165) is 21.8 Å². The Morgan fingerprint density at radius 3 is 2.50 bits per heavy atom. The third-order valence-corrected chi connectivity index (χ3v) is 7.10. The van der Waals surface area contributed by atoms with Gasteiger partial charge in [-0.2, -0.15) is 10.2 Å². The summed E-state index contributed by atoms with van der Waals surface area (Å²) in [6.07, 6.45) is 1.54. The monoisotopic (exact) mass is 404 g/mol. The molecule has 2 heterocycles.